The molecule has 5 rings (SSSR count). The number of pyridine rings is 1. The molecule has 0 unspecified atom stereocenters. The molecule has 1 aliphatic heterocycles. The van der Waals surface area contributed by atoms with E-state index in [1.807, 2.05) is 29.2 Å². The van der Waals surface area contributed by atoms with E-state index in [0.29, 0.717) is 48.8 Å². The normalized spacial score (nSPS) is 15.8. The van der Waals surface area contributed by atoms with Gasteiger partial charge in [0, 0.05) is 31.2 Å². The highest BCUT2D eigenvalue weighted by Gasteiger charge is 2.26. The molecule has 1 fully saturated rings. The van der Waals surface area contributed by atoms with Crippen LogP contribution in [0.1, 0.15) is 18.2 Å². The standard InChI is InChI=1S/C26H26N10O2/c1-17-13-34(16-25(37)38)8-9-36(17)24-7-3-6-20(29-24)14-35-15-23(32-33-35)22-11-21(30-26(28)31-22)19-5-2-4-18(10-19)12-27/h2-7,10-11,15,17H,8-9,13-14,16H2,1H3,(H,37,38)(H2,28,30,31)/t17-/m0/s1. The van der Waals surface area contributed by atoms with Gasteiger partial charge in [0.2, 0.25) is 5.95 Å². The summed E-state index contributed by atoms with van der Waals surface area (Å²) < 4.78 is 1.68. The van der Waals surface area contributed by atoms with Crippen LogP contribution in [-0.4, -0.2) is 78.1 Å². The van der Waals surface area contributed by atoms with Gasteiger partial charge in [0.15, 0.2) is 0 Å². The molecule has 12 heteroatoms. The van der Waals surface area contributed by atoms with Gasteiger partial charge in [-0.3, -0.25) is 9.69 Å². The number of benzene rings is 1. The molecule has 0 aliphatic carbocycles. The van der Waals surface area contributed by atoms with Gasteiger partial charge in [-0.1, -0.05) is 23.4 Å². The average molecular weight is 511 g/mol. The molecule has 12 nitrogen and oxygen atoms in total. The summed E-state index contributed by atoms with van der Waals surface area (Å²) >= 11 is 0. The third-order valence-electron chi connectivity index (χ3n) is 6.31. The van der Waals surface area contributed by atoms with Crippen molar-refractivity contribution in [2.24, 2.45) is 0 Å². The zero-order chi connectivity index (χ0) is 26.6. The lowest BCUT2D eigenvalue weighted by molar-refractivity contribution is -0.138. The Morgan fingerprint density at radius 3 is 2.71 bits per heavy atom. The lowest BCUT2D eigenvalue weighted by Crippen LogP contribution is -2.53. The maximum atomic E-state index is 11.1. The molecular formula is C26H26N10O2. The van der Waals surface area contributed by atoms with Crippen LogP contribution in [0, 0.1) is 11.3 Å². The molecule has 38 heavy (non-hydrogen) atoms. The van der Waals surface area contributed by atoms with Crippen LogP contribution < -0.4 is 10.6 Å². The predicted molar refractivity (Wildman–Crippen MR) is 140 cm³/mol. The molecule has 3 N–H and O–H groups in total. The summed E-state index contributed by atoms with van der Waals surface area (Å²) in [6.45, 7) is 4.56. The number of nitrogens with zero attached hydrogens (tertiary/aromatic N) is 9. The molecule has 0 bridgehead atoms. The fraction of sp³-hybridized carbons (Fsp3) is 0.269. The zero-order valence-electron chi connectivity index (χ0n) is 20.8. The van der Waals surface area contributed by atoms with Gasteiger partial charge in [-0.15, -0.1) is 5.10 Å². The number of piperazine rings is 1. The van der Waals surface area contributed by atoms with E-state index in [2.05, 4.69) is 38.2 Å². The number of rotatable bonds is 7. The van der Waals surface area contributed by atoms with E-state index < -0.39 is 5.97 Å². The van der Waals surface area contributed by atoms with E-state index >= 15 is 0 Å². The van der Waals surface area contributed by atoms with Crippen molar-refractivity contribution in [3.8, 4) is 28.7 Å². The molecule has 3 aromatic heterocycles. The maximum Gasteiger partial charge on any atom is 0.317 e. The van der Waals surface area contributed by atoms with E-state index in [1.165, 1.54) is 0 Å². The second kappa shape index (κ2) is 10.6. The van der Waals surface area contributed by atoms with Gasteiger partial charge < -0.3 is 15.7 Å². The minimum absolute atomic E-state index is 0.0476. The molecular weight excluding hydrogens is 484 g/mol. The van der Waals surface area contributed by atoms with E-state index in [9.17, 15) is 10.1 Å². The summed E-state index contributed by atoms with van der Waals surface area (Å²) in [5.74, 6) is 0.131. The number of nitrogen functional groups attached to an aromatic ring is 1. The molecule has 0 amide bonds. The summed E-state index contributed by atoms with van der Waals surface area (Å²) in [5, 5.41) is 26.8. The van der Waals surface area contributed by atoms with Gasteiger partial charge in [-0.05, 0) is 37.3 Å². The highest BCUT2D eigenvalue weighted by Crippen LogP contribution is 2.24. The molecule has 0 radical (unpaired) electrons. The summed E-state index contributed by atoms with van der Waals surface area (Å²) in [6.07, 6.45) is 1.78. The van der Waals surface area contributed by atoms with Crippen LogP contribution in [0.4, 0.5) is 11.8 Å². The van der Waals surface area contributed by atoms with Crippen molar-refractivity contribution in [1.82, 2.24) is 34.8 Å². The average Bonchev–Trinajstić information content (AvgIpc) is 3.37. The molecule has 1 aliphatic rings. The minimum Gasteiger partial charge on any atom is -0.480 e. The van der Waals surface area contributed by atoms with Crippen molar-refractivity contribution in [2.75, 3.05) is 36.8 Å². The smallest absolute Gasteiger partial charge is 0.317 e. The quantitative estimate of drug-likeness (QED) is 0.373. The second-order valence-corrected chi connectivity index (χ2v) is 9.15. The Labute approximate surface area is 219 Å². The molecule has 192 valence electrons. The second-order valence-electron chi connectivity index (χ2n) is 9.15. The van der Waals surface area contributed by atoms with Crippen LogP contribution in [0.15, 0.2) is 54.7 Å². The van der Waals surface area contributed by atoms with Gasteiger partial charge in [0.1, 0.15) is 11.5 Å². The highest BCUT2D eigenvalue weighted by molar-refractivity contribution is 5.69. The first-order valence-electron chi connectivity index (χ1n) is 12.1. The first-order valence-corrected chi connectivity index (χ1v) is 12.1. The van der Waals surface area contributed by atoms with Gasteiger partial charge in [-0.2, -0.15) is 5.26 Å². The fourth-order valence-electron chi connectivity index (χ4n) is 4.58. The van der Waals surface area contributed by atoms with Crippen LogP contribution in [0.3, 0.4) is 0 Å². The SMILES string of the molecule is C[C@H]1CN(CC(=O)O)CCN1c1cccc(Cn2cc(-c3cc(-c4cccc(C#N)c4)nc(N)n3)nn2)n1. The largest absolute Gasteiger partial charge is 0.480 e. The number of hydrogen-bond acceptors (Lipinski definition) is 10. The third kappa shape index (κ3) is 5.58. The number of hydrogen-bond donors (Lipinski definition) is 2. The maximum absolute atomic E-state index is 11.1. The van der Waals surface area contributed by atoms with Gasteiger partial charge in [-0.25, -0.2) is 19.6 Å². The number of carboxylic acid groups (broad SMARTS) is 1. The number of carboxylic acids is 1. The molecule has 1 atom stereocenters. The summed E-state index contributed by atoms with van der Waals surface area (Å²) in [4.78, 5) is 28.7. The Morgan fingerprint density at radius 2 is 1.92 bits per heavy atom. The topological polar surface area (TPSA) is 163 Å². The summed E-state index contributed by atoms with van der Waals surface area (Å²) in [5.41, 5.74) is 9.72. The van der Waals surface area contributed by atoms with Crippen molar-refractivity contribution in [3.05, 3.63) is 66.0 Å². The molecule has 4 heterocycles. The van der Waals surface area contributed by atoms with Crippen molar-refractivity contribution < 1.29 is 9.90 Å². The molecule has 4 aromatic rings. The molecule has 1 saturated heterocycles. The van der Waals surface area contributed by atoms with E-state index in [1.54, 1.807) is 35.1 Å². The number of anilines is 2. The number of aromatic nitrogens is 6. The Kier molecular flexibility index (Phi) is 6.92. The summed E-state index contributed by atoms with van der Waals surface area (Å²) in [6, 6.07) is 17.0. The predicted octanol–water partition coefficient (Wildman–Crippen LogP) is 1.89. The van der Waals surface area contributed by atoms with Gasteiger partial charge in [0.25, 0.3) is 0 Å². The van der Waals surface area contributed by atoms with Crippen LogP contribution in [0.5, 0.6) is 0 Å². The lowest BCUT2D eigenvalue weighted by Gasteiger charge is -2.40. The Morgan fingerprint density at radius 1 is 1.11 bits per heavy atom. The Bertz CT molecular complexity index is 1510. The number of nitrogens with two attached hydrogens (primary N) is 1. The Balaban J connectivity index is 1.32. The van der Waals surface area contributed by atoms with Crippen molar-refractivity contribution in [1.29, 1.82) is 5.26 Å². The number of nitriles is 1. The molecule has 0 spiro atoms. The van der Waals surface area contributed by atoms with Crippen molar-refractivity contribution in [3.63, 3.8) is 0 Å². The third-order valence-corrected chi connectivity index (χ3v) is 6.31. The molecule has 1 aromatic carbocycles. The van der Waals surface area contributed by atoms with Crippen LogP contribution in [0.2, 0.25) is 0 Å². The van der Waals surface area contributed by atoms with Crippen LogP contribution in [-0.2, 0) is 11.3 Å². The first kappa shape index (κ1) is 24.8. The Hall–Kier alpha value is -4.89. The van der Waals surface area contributed by atoms with E-state index in [0.717, 1.165) is 17.1 Å². The van der Waals surface area contributed by atoms with Crippen LogP contribution in [0.25, 0.3) is 22.6 Å². The first-order chi connectivity index (χ1) is 18.4. The molecule has 0 saturated carbocycles. The number of carbonyl (C=O) groups is 1. The van der Waals surface area contributed by atoms with Gasteiger partial charge >= 0.3 is 5.97 Å². The van der Waals surface area contributed by atoms with E-state index in [4.69, 9.17) is 15.8 Å². The summed E-state index contributed by atoms with van der Waals surface area (Å²) in [7, 11) is 0. The zero-order valence-corrected chi connectivity index (χ0v) is 20.8. The monoisotopic (exact) mass is 510 g/mol. The van der Waals surface area contributed by atoms with Crippen molar-refractivity contribution in [2.45, 2.75) is 19.5 Å². The van der Waals surface area contributed by atoms with Crippen LogP contribution >= 0.6 is 0 Å². The van der Waals surface area contributed by atoms with Gasteiger partial charge in [0.05, 0.1) is 48.0 Å². The minimum atomic E-state index is -0.813. The van der Waals surface area contributed by atoms with Crippen molar-refractivity contribution >= 4 is 17.7 Å². The van der Waals surface area contributed by atoms with E-state index in [-0.39, 0.29) is 18.5 Å². The fourth-order valence-corrected chi connectivity index (χ4v) is 4.58. The lowest BCUT2D eigenvalue weighted by atomic mass is 10.1. The highest BCUT2D eigenvalue weighted by atomic mass is 16.4. The number of aliphatic carboxylic acids is 1.